The van der Waals surface area contributed by atoms with Gasteiger partial charge < -0.3 is 15.0 Å². The molecule has 2 rings (SSSR count). The average Bonchev–Trinajstić information content (AvgIpc) is 2.64. The fourth-order valence-corrected chi connectivity index (χ4v) is 1.83. The molecule has 1 atom stereocenters. The highest BCUT2D eigenvalue weighted by molar-refractivity contribution is 8.00. The summed E-state index contributed by atoms with van der Waals surface area (Å²) in [5.74, 6) is 0.177. The Kier molecular flexibility index (Phi) is 2.69. The lowest BCUT2D eigenvalue weighted by Gasteiger charge is -2.11. The number of aromatic nitrogens is 2. The minimum atomic E-state index is -0.597. The topological polar surface area (TPSA) is 67.0 Å². The molecular weight excluding hydrogens is 209 g/mol. The maximum Gasteiger partial charge on any atom is 0.347 e. The van der Waals surface area contributed by atoms with E-state index in [1.54, 1.807) is 0 Å². The zero-order valence-electron chi connectivity index (χ0n) is 7.12. The smallest absolute Gasteiger partial charge is 0.347 e. The lowest BCUT2D eigenvalue weighted by atomic mass is 10.5. The first kappa shape index (κ1) is 9.47. The molecule has 1 aliphatic heterocycles. The first-order valence-corrected chi connectivity index (χ1v) is 5.05. The summed E-state index contributed by atoms with van der Waals surface area (Å²) in [6.07, 6.45) is 0.970. The second kappa shape index (κ2) is 3.97. The summed E-state index contributed by atoms with van der Waals surface area (Å²) >= 11 is 1.50. The Morgan fingerprint density at radius 3 is 3.36 bits per heavy atom. The van der Waals surface area contributed by atoms with Crippen molar-refractivity contribution < 1.29 is 9.13 Å². The Bertz CT molecular complexity index is 377. The normalized spacial score (nSPS) is 21.1. The summed E-state index contributed by atoms with van der Waals surface area (Å²) in [5.41, 5.74) is -0.907. The van der Waals surface area contributed by atoms with Crippen LogP contribution < -0.4 is 11.0 Å². The van der Waals surface area contributed by atoms with Crippen LogP contribution in [0.15, 0.2) is 11.0 Å². The van der Waals surface area contributed by atoms with Gasteiger partial charge in [-0.15, -0.1) is 11.8 Å². The zero-order valence-corrected chi connectivity index (χ0v) is 7.94. The molecule has 5 nitrogen and oxygen atoms in total. The molecule has 1 aliphatic rings. The minimum absolute atomic E-state index is 0.0758. The van der Waals surface area contributed by atoms with Gasteiger partial charge in [0.25, 0.3) is 0 Å². The van der Waals surface area contributed by atoms with E-state index >= 15 is 0 Å². The Balaban J connectivity index is 2.14. The van der Waals surface area contributed by atoms with Crippen molar-refractivity contribution in [2.75, 3.05) is 17.7 Å². The number of aromatic amines is 1. The van der Waals surface area contributed by atoms with Gasteiger partial charge in [-0.3, -0.25) is 0 Å². The van der Waals surface area contributed by atoms with Crippen molar-refractivity contribution in [3.05, 3.63) is 22.5 Å². The van der Waals surface area contributed by atoms with Crippen LogP contribution in [0.5, 0.6) is 0 Å². The summed E-state index contributed by atoms with van der Waals surface area (Å²) in [6, 6.07) is 0. The molecule has 1 saturated heterocycles. The van der Waals surface area contributed by atoms with Gasteiger partial charge >= 0.3 is 5.69 Å². The van der Waals surface area contributed by atoms with Gasteiger partial charge in [-0.05, 0) is 0 Å². The fourth-order valence-electron chi connectivity index (χ4n) is 1.04. The molecule has 0 aromatic carbocycles. The predicted molar refractivity (Wildman–Crippen MR) is 50.6 cm³/mol. The van der Waals surface area contributed by atoms with Gasteiger partial charge in [0.2, 0.25) is 0 Å². The summed E-state index contributed by atoms with van der Waals surface area (Å²) in [5, 5.41) is 2.68. The van der Waals surface area contributed by atoms with Crippen molar-refractivity contribution in [3.63, 3.8) is 0 Å². The third-order valence-electron chi connectivity index (χ3n) is 1.64. The molecule has 0 aliphatic carbocycles. The Morgan fingerprint density at radius 2 is 2.64 bits per heavy atom. The molecule has 0 spiro atoms. The van der Waals surface area contributed by atoms with Crippen LogP contribution in [-0.4, -0.2) is 27.9 Å². The molecule has 2 N–H and O–H groups in total. The Labute approximate surface area is 83.1 Å². The van der Waals surface area contributed by atoms with E-state index < -0.39 is 11.5 Å². The van der Waals surface area contributed by atoms with E-state index in [0.717, 1.165) is 11.9 Å². The maximum atomic E-state index is 13.1. The Morgan fingerprint density at radius 1 is 1.79 bits per heavy atom. The molecule has 2 heterocycles. The van der Waals surface area contributed by atoms with Crippen LogP contribution in [0.1, 0.15) is 0 Å². The molecule has 1 unspecified atom stereocenters. The molecule has 0 amide bonds. The average molecular weight is 217 g/mol. The second-order valence-corrected chi connectivity index (χ2v) is 3.79. The fraction of sp³-hybridized carbons (Fsp3) is 0.429. The third kappa shape index (κ3) is 2.05. The van der Waals surface area contributed by atoms with E-state index in [0.29, 0.717) is 6.61 Å². The lowest BCUT2D eigenvalue weighted by molar-refractivity contribution is 0.160. The quantitative estimate of drug-likeness (QED) is 0.749. The number of anilines is 1. The summed E-state index contributed by atoms with van der Waals surface area (Å²) in [4.78, 5) is 16.4. The van der Waals surface area contributed by atoms with Crippen LogP contribution >= 0.6 is 11.8 Å². The maximum absolute atomic E-state index is 13.1. The molecule has 0 saturated carbocycles. The third-order valence-corrected chi connectivity index (χ3v) is 2.60. The van der Waals surface area contributed by atoms with Crippen LogP contribution in [0.4, 0.5) is 10.2 Å². The van der Waals surface area contributed by atoms with Gasteiger partial charge in [0.05, 0.1) is 6.61 Å². The first-order chi connectivity index (χ1) is 6.75. The number of hydrogen-bond acceptors (Lipinski definition) is 5. The molecule has 1 aromatic heterocycles. The van der Waals surface area contributed by atoms with E-state index in [1.807, 2.05) is 0 Å². The van der Waals surface area contributed by atoms with Crippen LogP contribution in [0.25, 0.3) is 0 Å². The standard InChI is InChI=1S/C7H8FN3O2S/c8-4-3-9-6(12)10-5(4)11-7-13-1-2-14-7/h3,7H,1-2H2,(H2,9,10,11,12). The van der Waals surface area contributed by atoms with Crippen molar-refractivity contribution in [3.8, 4) is 0 Å². The van der Waals surface area contributed by atoms with Crippen LogP contribution in [-0.2, 0) is 4.74 Å². The van der Waals surface area contributed by atoms with E-state index in [2.05, 4.69) is 15.3 Å². The van der Waals surface area contributed by atoms with Crippen LogP contribution in [0.2, 0.25) is 0 Å². The number of nitrogens with one attached hydrogen (secondary N) is 2. The van der Waals surface area contributed by atoms with E-state index in [9.17, 15) is 9.18 Å². The number of H-pyrrole nitrogens is 1. The van der Waals surface area contributed by atoms with E-state index in [1.165, 1.54) is 11.8 Å². The molecule has 14 heavy (non-hydrogen) atoms. The molecule has 0 radical (unpaired) electrons. The molecule has 1 aromatic rings. The molecule has 76 valence electrons. The summed E-state index contributed by atoms with van der Waals surface area (Å²) in [7, 11) is 0. The van der Waals surface area contributed by atoms with Crippen molar-refractivity contribution in [1.82, 2.24) is 9.97 Å². The second-order valence-electron chi connectivity index (χ2n) is 2.62. The van der Waals surface area contributed by atoms with Gasteiger partial charge in [-0.2, -0.15) is 4.98 Å². The van der Waals surface area contributed by atoms with E-state index in [-0.39, 0.29) is 11.4 Å². The monoisotopic (exact) mass is 217 g/mol. The van der Waals surface area contributed by atoms with Gasteiger partial charge in [0.15, 0.2) is 17.2 Å². The SMILES string of the molecule is O=c1nc(NC2OCCS2)c(F)c[nH]1. The minimum Gasteiger partial charge on any atom is -0.348 e. The van der Waals surface area contributed by atoms with Crippen molar-refractivity contribution >= 4 is 17.6 Å². The van der Waals surface area contributed by atoms with Crippen molar-refractivity contribution in [2.24, 2.45) is 0 Å². The molecule has 1 fully saturated rings. The summed E-state index contributed by atoms with van der Waals surface area (Å²) in [6.45, 7) is 0.618. The van der Waals surface area contributed by atoms with Crippen molar-refractivity contribution in [2.45, 2.75) is 5.56 Å². The van der Waals surface area contributed by atoms with Crippen LogP contribution in [0.3, 0.4) is 0 Å². The summed E-state index contributed by atoms with van der Waals surface area (Å²) < 4.78 is 18.2. The lowest BCUT2D eigenvalue weighted by Crippen LogP contribution is -2.20. The zero-order chi connectivity index (χ0) is 9.97. The largest absolute Gasteiger partial charge is 0.348 e. The van der Waals surface area contributed by atoms with Crippen molar-refractivity contribution in [1.29, 1.82) is 0 Å². The number of thioether (sulfide) groups is 1. The highest BCUT2D eigenvalue weighted by Crippen LogP contribution is 2.21. The molecule has 7 heteroatoms. The van der Waals surface area contributed by atoms with Gasteiger partial charge in [-0.25, -0.2) is 9.18 Å². The van der Waals surface area contributed by atoms with Gasteiger partial charge in [0.1, 0.15) is 0 Å². The molecule has 0 bridgehead atoms. The number of hydrogen-bond donors (Lipinski definition) is 2. The number of ether oxygens (including phenoxy) is 1. The number of rotatable bonds is 2. The number of halogens is 1. The first-order valence-electron chi connectivity index (χ1n) is 4.01. The van der Waals surface area contributed by atoms with E-state index in [4.69, 9.17) is 4.74 Å². The number of nitrogens with zero attached hydrogens (tertiary/aromatic N) is 1. The Hall–Kier alpha value is -1.08. The predicted octanol–water partition coefficient (Wildman–Crippen LogP) is 0.368. The van der Waals surface area contributed by atoms with Gasteiger partial charge in [0, 0.05) is 11.9 Å². The highest BCUT2D eigenvalue weighted by Gasteiger charge is 2.17. The molecular formula is C7H8FN3O2S. The highest BCUT2D eigenvalue weighted by atomic mass is 32.2. The van der Waals surface area contributed by atoms with Gasteiger partial charge in [-0.1, -0.05) is 0 Å². The van der Waals surface area contributed by atoms with Crippen LogP contribution in [0, 0.1) is 5.82 Å².